The molecular weight excluding hydrogens is 184 g/mol. The Bertz CT molecular complexity index is 440. The van der Waals surface area contributed by atoms with Gasteiger partial charge in [0.15, 0.2) is 5.52 Å². The Kier molecular flexibility index (Phi) is 2.28. The predicted octanol–water partition coefficient (Wildman–Crippen LogP) is -0.0857. The molecule has 14 heavy (non-hydrogen) atoms. The molecule has 2 rings (SSSR count). The molecule has 0 atom stereocenters. The molecule has 2 aromatic rings. The van der Waals surface area contributed by atoms with E-state index < -0.39 is 0 Å². The first kappa shape index (κ1) is 8.89. The number of aliphatic hydroxyl groups is 1. The van der Waals surface area contributed by atoms with Gasteiger partial charge in [0, 0.05) is 13.2 Å². The van der Waals surface area contributed by atoms with E-state index in [9.17, 15) is 5.11 Å². The van der Waals surface area contributed by atoms with Crippen LogP contribution < -0.4 is 0 Å². The zero-order valence-corrected chi connectivity index (χ0v) is 7.46. The van der Waals surface area contributed by atoms with E-state index in [1.807, 2.05) is 0 Å². The smallest absolute Gasteiger partial charge is 0.243 e. The zero-order valence-electron chi connectivity index (χ0n) is 7.46. The number of hydrogen-bond donors (Lipinski definition) is 2. The third-order valence-corrected chi connectivity index (χ3v) is 1.88. The van der Waals surface area contributed by atoms with Gasteiger partial charge in [-0.25, -0.2) is 4.98 Å². The molecule has 0 saturated heterocycles. The van der Waals surface area contributed by atoms with Crippen molar-refractivity contribution < 1.29 is 10.2 Å². The van der Waals surface area contributed by atoms with Crippen LogP contribution in [-0.4, -0.2) is 36.6 Å². The first-order valence-electron chi connectivity index (χ1n) is 4.29. The molecule has 2 heterocycles. The minimum atomic E-state index is -0.113. The topological polar surface area (TPSA) is 84.1 Å². The van der Waals surface area contributed by atoms with E-state index in [1.165, 1.54) is 6.33 Å². The van der Waals surface area contributed by atoms with Crippen LogP contribution in [0.15, 0.2) is 12.5 Å². The van der Waals surface area contributed by atoms with Crippen molar-refractivity contribution in [2.45, 2.75) is 13.0 Å². The summed E-state index contributed by atoms with van der Waals surface area (Å²) in [5.74, 6) is -0.113. The average Bonchev–Trinajstić information content (AvgIpc) is 2.59. The van der Waals surface area contributed by atoms with Crippen LogP contribution in [0.3, 0.4) is 0 Å². The number of rotatable bonds is 3. The molecule has 0 saturated carbocycles. The zero-order chi connectivity index (χ0) is 9.97. The Morgan fingerprint density at radius 1 is 1.36 bits per heavy atom. The molecule has 0 amide bonds. The fourth-order valence-corrected chi connectivity index (χ4v) is 1.22. The third-order valence-electron chi connectivity index (χ3n) is 1.88. The van der Waals surface area contributed by atoms with Crippen molar-refractivity contribution in [2.24, 2.45) is 0 Å². The van der Waals surface area contributed by atoms with Crippen LogP contribution in [0.4, 0.5) is 0 Å². The predicted molar refractivity (Wildman–Crippen MR) is 48.7 cm³/mol. The fourth-order valence-electron chi connectivity index (χ4n) is 1.22. The van der Waals surface area contributed by atoms with Crippen molar-refractivity contribution in [1.82, 2.24) is 19.7 Å². The van der Waals surface area contributed by atoms with E-state index in [2.05, 4.69) is 15.1 Å². The van der Waals surface area contributed by atoms with E-state index in [0.717, 1.165) is 0 Å². The number of aromatic nitrogens is 4. The number of aromatic hydroxyl groups is 1. The summed E-state index contributed by atoms with van der Waals surface area (Å²) in [6.45, 7) is 0.722. The van der Waals surface area contributed by atoms with Crippen molar-refractivity contribution in [1.29, 1.82) is 0 Å². The Labute approximate surface area is 79.8 Å². The molecular formula is C8H10N4O2. The molecule has 0 radical (unpaired) electrons. The Morgan fingerprint density at radius 2 is 2.21 bits per heavy atom. The number of hydrogen-bond acceptors (Lipinski definition) is 5. The first-order chi connectivity index (χ1) is 6.81. The molecule has 74 valence electrons. The molecule has 0 aliphatic heterocycles. The summed E-state index contributed by atoms with van der Waals surface area (Å²) < 4.78 is 1.63. The standard InChI is InChI=1S/C8H10N4O2/c13-3-1-2-12-4-6-7(11-12)8(14)10-5-9-6/h4-5,13H,1-3H2,(H,9,10,14). The minimum Gasteiger partial charge on any atom is -0.492 e. The summed E-state index contributed by atoms with van der Waals surface area (Å²) in [4.78, 5) is 7.57. The molecule has 0 unspecified atom stereocenters. The van der Waals surface area contributed by atoms with Gasteiger partial charge in [-0.05, 0) is 6.42 Å². The van der Waals surface area contributed by atoms with Gasteiger partial charge in [0.05, 0.1) is 6.20 Å². The van der Waals surface area contributed by atoms with E-state index in [1.54, 1.807) is 10.9 Å². The SMILES string of the molecule is OCCCn1cc2ncnc(O)c2n1. The van der Waals surface area contributed by atoms with Crippen molar-refractivity contribution in [3.8, 4) is 5.88 Å². The normalized spacial score (nSPS) is 10.9. The van der Waals surface area contributed by atoms with Gasteiger partial charge in [0.25, 0.3) is 0 Å². The second kappa shape index (κ2) is 3.59. The lowest BCUT2D eigenvalue weighted by Gasteiger charge is -1.95. The molecule has 0 spiro atoms. The molecule has 6 heteroatoms. The van der Waals surface area contributed by atoms with Gasteiger partial charge in [-0.1, -0.05) is 0 Å². The van der Waals surface area contributed by atoms with E-state index in [-0.39, 0.29) is 12.5 Å². The van der Waals surface area contributed by atoms with Crippen molar-refractivity contribution in [3.05, 3.63) is 12.5 Å². The number of aryl methyl sites for hydroxylation is 1. The lowest BCUT2D eigenvalue weighted by molar-refractivity contribution is 0.277. The van der Waals surface area contributed by atoms with Gasteiger partial charge in [-0.15, -0.1) is 0 Å². The molecule has 0 fully saturated rings. The maximum Gasteiger partial charge on any atom is 0.243 e. The molecule has 0 aliphatic carbocycles. The third kappa shape index (κ3) is 1.51. The first-order valence-corrected chi connectivity index (χ1v) is 4.29. The quantitative estimate of drug-likeness (QED) is 0.713. The number of aliphatic hydroxyl groups excluding tert-OH is 1. The summed E-state index contributed by atoms with van der Waals surface area (Å²) in [5, 5.41) is 22.1. The summed E-state index contributed by atoms with van der Waals surface area (Å²) in [6, 6.07) is 0. The van der Waals surface area contributed by atoms with E-state index in [0.29, 0.717) is 24.0 Å². The second-order valence-electron chi connectivity index (χ2n) is 2.90. The summed E-state index contributed by atoms with van der Waals surface area (Å²) in [5.41, 5.74) is 1.00. The van der Waals surface area contributed by atoms with Gasteiger partial charge in [0.2, 0.25) is 5.88 Å². The molecule has 2 N–H and O–H groups in total. The maximum atomic E-state index is 9.33. The van der Waals surface area contributed by atoms with Crippen LogP contribution in [0.1, 0.15) is 6.42 Å². The largest absolute Gasteiger partial charge is 0.492 e. The second-order valence-corrected chi connectivity index (χ2v) is 2.90. The lowest BCUT2D eigenvalue weighted by Crippen LogP contribution is -1.99. The highest BCUT2D eigenvalue weighted by molar-refractivity contribution is 5.77. The number of nitrogens with zero attached hydrogens (tertiary/aromatic N) is 4. The summed E-state index contributed by atoms with van der Waals surface area (Å²) in [7, 11) is 0. The molecule has 6 nitrogen and oxygen atoms in total. The molecule has 0 aliphatic rings. The van der Waals surface area contributed by atoms with Crippen LogP contribution in [0.25, 0.3) is 11.0 Å². The van der Waals surface area contributed by atoms with Crippen LogP contribution in [0.5, 0.6) is 5.88 Å². The highest BCUT2D eigenvalue weighted by Crippen LogP contribution is 2.16. The Hall–Kier alpha value is -1.69. The number of fused-ring (bicyclic) bond motifs is 1. The minimum absolute atomic E-state index is 0.113. The maximum absolute atomic E-state index is 9.33. The molecule has 2 aromatic heterocycles. The van der Waals surface area contributed by atoms with E-state index >= 15 is 0 Å². The molecule has 0 bridgehead atoms. The van der Waals surface area contributed by atoms with Crippen LogP contribution in [-0.2, 0) is 6.54 Å². The van der Waals surface area contributed by atoms with Gasteiger partial charge in [-0.2, -0.15) is 10.1 Å². The van der Waals surface area contributed by atoms with E-state index in [4.69, 9.17) is 5.11 Å². The highest BCUT2D eigenvalue weighted by Gasteiger charge is 2.06. The van der Waals surface area contributed by atoms with Gasteiger partial charge >= 0.3 is 0 Å². The summed E-state index contributed by atoms with van der Waals surface area (Å²) in [6.07, 6.45) is 3.63. The van der Waals surface area contributed by atoms with Gasteiger partial charge in [0.1, 0.15) is 11.8 Å². The van der Waals surface area contributed by atoms with Gasteiger partial charge < -0.3 is 10.2 Å². The lowest BCUT2D eigenvalue weighted by atomic mass is 10.4. The fraction of sp³-hybridized carbons (Fsp3) is 0.375. The highest BCUT2D eigenvalue weighted by atomic mass is 16.3. The Balaban J connectivity index is 2.36. The molecule has 0 aromatic carbocycles. The monoisotopic (exact) mass is 194 g/mol. The average molecular weight is 194 g/mol. The Morgan fingerprint density at radius 3 is 2.93 bits per heavy atom. The van der Waals surface area contributed by atoms with Crippen molar-refractivity contribution >= 4 is 11.0 Å². The van der Waals surface area contributed by atoms with Crippen molar-refractivity contribution in [2.75, 3.05) is 6.61 Å². The van der Waals surface area contributed by atoms with Gasteiger partial charge in [-0.3, -0.25) is 4.68 Å². The van der Waals surface area contributed by atoms with Crippen molar-refractivity contribution in [3.63, 3.8) is 0 Å². The van der Waals surface area contributed by atoms with Crippen LogP contribution in [0.2, 0.25) is 0 Å². The summed E-state index contributed by atoms with van der Waals surface area (Å²) >= 11 is 0. The van der Waals surface area contributed by atoms with Crippen LogP contribution in [0, 0.1) is 0 Å². The van der Waals surface area contributed by atoms with Crippen LogP contribution >= 0.6 is 0 Å².